The Balaban J connectivity index is 1.15. The summed E-state index contributed by atoms with van der Waals surface area (Å²) in [6, 6.07) is 1.43. The average molecular weight is 456 g/mol. The summed E-state index contributed by atoms with van der Waals surface area (Å²) in [4.78, 5) is 10.3. The van der Waals surface area contributed by atoms with Crippen LogP contribution in [0.25, 0.3) is 0 Å². The maximum atomic E-state index is 5.99. The van der Waals surface area contributed by atoms with Crippen molar-refractivity contribution >= 4 is 0 Å². The van der Waals surface area contributed by atoms with E-state index in [1.807, 2.05) is 0 Å². The van der Waals surface area contributed by atoms with Gasteiger partial charge in [-0.1, -0.05) is 0 Å². The fourth-order valence-electron chi connectivity index (χ4n) is 5.10. The Bertz CT molecular complexity index is 510. The van der Waals surface area contributed by atoms with E-state index >= 15 is 0 Å². The Morgan fingerprint density at radius 1 is 0.719 bits per heavy atom. The molecule has 0 aromatic rings. The number of rotatable bonds is 15. The molecular formula is C24H49N5O3. The molecule has 0 radical (unpaired) electrons. The van der Waals surface area contributed by atoms with Gasteiger partial charge in [-0.3, -0.25) is 19.6 Å². The predicted molar refractivity (Wildman–Crippen MR) is 129 cm³/mol. The van der Waals surface area contributed by atoms with Gasteiger partial charge in [-0.15, -0.1) is 0 Å². The van der Waals surface area contributed by atoms with Crippen LogP contribution in [0.5, 0.6) is 0 Å². The molecular weight excluding hydrogens is 406 g/mol. The number of hydrogen-bond donors (Lipinski definition) is 1. The van der Waals surface area contributed by atoms with Gasteiger partial charge >= 0.3 is 0 Å². The van der Waals surface area contributed by atoms with Crippen molar-refractivity contribution in [3.8, 4) is 0 Å². The molecule has 0 aliphatic carbocycles. The van der Waals surface area contributed by atoms with Crippen LogP contribution >= 0.6 is 0 Å². The van der Waals surface area contributed by atoms with Crippen LogP contribution in [0.2, 0.25) is 0 Å². The largest absolute Gasteiger partial charge is 0.383 e. The van der Waals surface area contributed by atoms with Crippen molar-refractivity contribution in [2.24, 2.45) is 0 Å². The number of nitrogens with zero attached hydrogens (tertiary/aromatic N) is 4. The van der Waals surface area contributed by atoms with Crippen molar-refractivity contribution in [1.82, 2.24) is 24.9 Å². The van der Waals surface area contributed by atoms with E-state index in [1.54, 1.807) is 7.11 Å². The molecule has 32 heavy (non-hydrogen) atoms. The van der Waals surface area contributed by atoms with E-state index in [-0.39, 0.29) is 5.54 Å². The summed E-state index contributed by atoms with van der Waals surface area (Å²) >= 11 is 0. The summed E-state index contributed by atoms with van der Waals surface area (Å²) in [5.74, 6) is 0. The van der Waals surface area contributed by atoms with Gasteiger partial charge in [-0.05, 0) is 27.2 Å². The van der Waals surface area contributed by atoms with Crippen molar-refractivity contribution < 1.29 is 14.2 Å². The molecule has 0 amide bonds. The van der Waals surface area contributed by atoms with Crippen LogP contribution in [0.3, 0.4) is 0 Å². The van der Waals surface area contributed by atoms with E-state index in [1.165, 1.54) is 19.5 Å². The first kappa shape index (κ1) is 26.3. The SMILES string of the molecule is COCCN1CCN(CCOCCN2C[C@@H]3C[C@H]2CN3CCOCCNC(C)(C)C)CC1. The number of methoxy groups -OCH3 is 1. The zero-order chi connectivity index (χ0) is 22.8. The second-order valence-corrected chi connectivity index (χ2v) is 10.6. The number of ether oxygens (including phenoxy) is 3. The fourth-order valence-corrected chi connectivity index (χ4v) is 5.10. The van der Waals surface area contributed by atoms with Gasteiger partial charge in [0, 0.05) is 96.7 Å². The van der Waals surface area contributed by atoms with E-state index in [0.29, 0.717) is 12.1 Å². The highest BCUT2D eigenvalue weighted by atomic mass is 16.5. The molecule has 3 fully saturated rings. The van der Waals surface area contributed by atoms with Crippen molar-refractivity contribution in [2.75, 3.05) is 112 Å². The molecule has 3 aliphatic heterocycles. The van der Waals surface area contributed by atoms with Crippen LogP contribution in [0.15, 0.2) is 0 Å². The summed E-state index contributed by atoms with van der Waals surface area (Å²) in [7, 11) is 1.78. The average Bonchev–Trinajstić information content (AvgIpc) is 3.35. The fraction of sp³-hybridized carbons (Fsp3) is 1.00. The minimum absolute atomic E-state index is 0.171. The number of piperazine rings is 2. The molecule has 2 bridgehead atoms. The second kappa shape index (κ2) is 13.5. The quantitative estimate of drug-likeness (QED) is 0.357. The highest BCUT2D eigenvalue weighted by Gasteiger charge is 2.42. The number of hydrogen-bond acceptors (Lipinski definition) is 8. The molecule has 3 saturated heterocycles. The van der Waals surface area contributed by atoms with Crippen LogP contribution in [0.1, 0.15) is 27.2 Å². The third-order valence-electron chi connectivity index (χ3n) is 7.04. The number of fused-ring (bicyclic) bond motifs is 2. The maximum absolute atomic E-state index is 5.99. The standard InChI is InChI=1S/C24H49N5O3/c1-24(2,3)25-5-14-31-17-12-28-20-23-19-22(28)21-29(23)13-18-32-16-11-27-8-6-26(7-9-27)10-15-30-4/h22-23,25H,5-21H2,1-4H3/t22-,23-/m0/s1. The molecule has 8 nitrogen and oxygen atoms in total. The Morgan fingerprint density at radius 2 is 1.22 bits per heavy atom. The summed E-state index contributed by atoms with van der Waals surface area (Å²) in [6.45, 7) is 22.9. The Kier molecular flexibility index (Phi) is 11.1. The lowest BCUT2D eigenvalue weighted by molar-refractivity contribution is 0.0414. The first-order chi connectivity index (χ1) is 15.4. The lowest BCUT2D eigenvalue weighted by atomic mass is 10.1. The van der Waals surface area contributed by atoms with E-state index in [0.717, 1.165) is 91.9 Å². The Morgan fingerprint density at radius 3 is 1.72 bits per heavy atom. The lowest BCUT2D eigenvalue weighted by Crippen LogP contribution is -2.48. The normalized spacial score (nSPS) is 25.9. The van der Waals surface area contributed by atoms with Gasteiger partial charge in [0.05, 0.1) is 33.0 Å². The number of nitrogens with one attached hydrogen (secondary N) is 1. The summed E-state index contributed by atoms with van der Waals surface area (Å²) in [5.41, 5.74) is 0.171. The van der Waals surface area contributed by atoms with Gasteiger partial charge in [-0.2, -0.15) is 0 Å². The zero-order valence-electron chi connectivity index (χ0n) is 21.2. The molecule has 1 N–H and O–H groups in total. The van der Waals surface area contributed by atoms with Gasteiger partial charge in [0.15, 0.2) is 0 Å². The van der Waals surface area contributed by atoms with E-state index < -0.39 is 0 Å². The van der Waals surface area contributed by atoms with Crippen LogP contribution < -0.4 is 5.32 Å². The second-order valence-electron chi connectivity index (χ2n) is 10.6. The lowest BCUT2D eigenvalue weighted by Gasteiger charge is -2.35. The zero-order valence-corrected chi connectivity index (χ0v) is 21.2. The smallest absolute Gasteiger partial charge is 0.0594 e. The first-order valence-corrected chi connectivity index (χ1v) is 12.8. The van der Waals surface area contributed by atoms with Gasteiger partial charge in [-0.25, -0.2) is 0 Å². The van der Waals surface area contributed by atoms with E-state index in [2.05, 4.69) is 45.7 Å². The molecule has 3 aliphatic rings. The molecule has 0 spiro atoms. The Hall–Kier alpha value is -0.320. The summed E-state index contributed by atoms with van der Waals surface area (Å²) in [6.07, 6.45) is 1.32. The monoisotopic (exact) mass is 455 g/mol. The molecule has 0 saturated carbocycles. The van der Waals surface area contributed by atoms with Gasteiger partial charge in [0.2, 0.25) is 0 Å². The van der Waals surface area contributed by atoms with Crippen molar-refractivity contribution in [1.29, 1.82) is 0 Å². The maximum Gasteiger partial charge on any atom is 0.0594 e. The molecule has 0 aromatic carbocycles. The summed E-state index contributed by atoms with van der Waals surface area (Å²) < 4.78 is 17.0. The van der Waals surface area contributed by atoms with Gasteiger partial charge < -0.3 is 19.5 Å². The van der Waals surface area contributed by atoms with Crippen molar-refractivity contribution in [2.45, 2.75) is 44.8 Å². The van der Waals surface area contributed by atoms with Gasteiger partial charge in [0.1, 0.15) is 0 Å². The summed E-state index contributed by atoms with van der Waals surface area (Å²) in [5, 5.41) is 3.47. The molecule has 0 aromatic heterocycles. The van der Waals surface area contributed by atoms with Crippen molar-refractivity contribution in [3.63, 3.8) is 0 Å². The molecule has 3 heterocycles. The van der Waals surface area contributed by atoms with Crippen LogP contribution in [0, 0.1) is 0 Å². The van der Waals surface area contributed by atoms with Crippen LogP contribution in [-0.4, -0.2) is 149 Å². The molecule has 3 rings (SSSR count). The minimum Gasteiger partial charge on any atom is -0.383 e. The molecule has 2 atom stereocenters. The first-order valence-electron chi connectivity index (χ1n) is 12.8. The molecule has 188 valence electrons. The molecule has 0 unspecified atom stereocenters. The molecule has 8 heteroatoms. The Labute approximate surface area is 196 Å². The third-order valence-corrected chi connectivity index (χ3v) is 7.04. The third kappa shape index (κ3) is 9.14. The van der Waals surface area contributed by atoms with E-state index in [4.69, 9.17) is 14.2 Å². The van der Waals surface area contributed by atoms with Crippen LogP contribution in [0.4, 0.5) is 0 Å². The minimum atomic E-state index is 0.171. The topological polar surface area (TPSA) is 52.7 Å². The van der Waals surface area contributed by atoms with Crippen LogP contribution in [-0.2, 0) is 14.2 Å². The van der Waals surface area contributed by atoms with E-state index in [9.17, 15) is 0 Å². The van der Waals surface area contributed by atoms with Gasteiger partial charge in [0.25, 0.3) is 0 Å². The highest BCUT2D eigenvalue weighted by Crippen LogP contribution is 2.29. The predicted octanol–water partition coefficient (Wildman–Crippen LogP) is 0.430. The number of likely N-dealkylation sites (tertiary alicyclic amines) is 2. The van der Waals surface area contributed by atoms with Crippen molar-refractivity contribution in [3.05, 3.63) is 0 Å². The highest BCUT2D eigenvalue weighted by molar-refractivity contribution is 4.99.